The number of aliphatic carboxylic acids is 1. The highest BCUT2D eigenvalue weighted by atomic mass is 35.6. The summed E-state index contributed by atoms with van der Waals surface area (Å²) in [6.07, 6.45) is -5.08. The minimum Gasteiger partial charge on any atom is -0.475 e. The summed E-state index contributed by atoms with van der Waals surface area (Å²) >= 11 is 14.2. The Hall–Kier alpha value is 0.130. The predicted molar refractivity (Wildman–Crippen MR) is 35.0 cm³/mol. The van der Waals surface area contributed by atoms with Crippen LogP contribution in [0.4, 0.5) is 13.2 Å². The molecule has 0 aromatic rings. The van der Waals surface area contributed by atoms with Crippen molar-refractivity contribution >= 4 is 40.8 Å². The van der Waals surface area contributed by atoms with E-state index in [1.54, 1.807) is 0 Å². The first-order valence-electron chi connectivity index (χ1n) is 2.31. The van der Waals surface area contributed by atoms with E-state index in [9.17, 15) is 13.2 Å². The molecule has 68 valence electrons. The quantitative estimate of drug-likeness (QED) is 0.654. The van der Waals surface area contributed by atoms with Crippen molar-refractivity contribution in [2.24, 2.45) is 0 Å². The van der Waals surface area contributed by atoms with Gasteiger partial charge in [0.1, 0.15) is 0 Å². The standard InChI is InChI=1S/C2HF3O2.CHCl3/c3-2(4,5)1(6)7;2-1(3)4/h(H,6,7);1H/i;1D. The van der Waals surface area contributed by atoms with Crippen LogP contribution < -0.4 is 0 Å². The Bertz CT molecular complexity index is 148. The van der Waals surface area contributed by atoms with E-state index in [0.29, 0.717) is 0 Å². The van der Waals surface area contributed by atoms with E-state index in [1.165, 1.54) is 0 Å². The van der Waals surface area contributed by atoms with E-state index in [4.69, 9.17) is 46.1 Å². The highest BCUT2D eigenvalue weighted by molar-refractivity contribution is 6.63. The van der Waals surface area contributed by atoms with Gasteiger partial charge in [0.2, 0.25) is 0 Å². The van der Waals surface area contributed by atoms with Crippen molar-refractivity contribution in [3.8, 4) is 0 Å². The molecule has 0 unspecified atom stereocenters. The van der Waals surface area contributed by atoms with Gasteiger partial charge in [0, 0.05) is 0 Å². The molecule has 0 saturated carbocycles. The molecule has 8 heteroatoms. The van der Waals surface area contributed by atoms with Crippen LogP contribution in [0.2, 0.25) is 0 Å². The number of carboxylic acid groups (broad SMARTS) is 1. The smallest absolute Gasteiger partial charge is 0.475 e. The van der Waals surface area contributed by atoms with Gasteiger partial charge in [0.25, 0.3) is 0 Å². The van der Waals surface area contributed by atoms with Crippen LogP contribution in [-0.2, 0) is 4.79 Å². The molecule has 0 bridgehead atoms. The summed E-state index contributed by atoms with van der Waals surface area (Å²) < 4.78 is 36.1. The van der Waals surface area contributed by atoms with E-state index < -0.39 is 16.4 Å². The van der Waals surface area contributed by atoms with Crippen LogP contribution in [0.3, 0.4) is 0 Å². The second-order valence-corrected chi connectivity index (χ2v) is 2.73. The average Bonchev–Trinajstić information content (AvgIpc) is 1.55. The van der Waals surface area contributed by atoms with Crippen molar-refractivity contribution in [1.29, 1.82) is 0 Å². The van der Waals surface area contributed by atoms with Gasteiger partial charge in [0.05, 0.1) is 1.37 Å². The molecule has 0 radical (unpaired) electrons. The highest BCUT2D eigenvalue weighted by Gasteiger charge is 2.38. The van der Waals surface area contributed by atoms with Crippen LogP contribution >= 0.6 is 34.8 Å². The van der Waals surface area contributed by atoms with Crippen molar-refractivity contribution in [3.05, 3.63) is 0 Å². The van der Waals surface area contributed by atoms with Crippen molar-refractivity contribution in [2.45, 2.75) is 10.4 Å². The largest absolute Gasteiger partial charge is 0.490 e. The van der Waals surface area contributed by atoms with Crippen molar-refractivity contribution in [3.63, 3.8) is 0 Å². The lowest BCUT2D eigenvalue weighted by atomic mass is 10.7. The summed E-state index contributed by atoms with van der Waals surface area (Å²) in [5.74, 6) is -2.76. The zero-order chi connectivity index (χ0) is 10.6. The van der Waals surface area contributed by atoms with Gasteiger partial charge in [-0.15, -0.1) is 0 Å². The molecule has 0 saturated heterocycles. The minimum atomic E-state index is -5.08. The Morgan fingerprint density at radius 2 is 1.55 bits per heavy atom. The first-order valence-corrected chi connectivity index (χ1v) is 2.95. The van der Waals surface area contributed by atoms with E-state index in [2.05, 4.69) is 0 Å². The van der Waals surface area contributed by atoms with Crippen LogP contribution in [0.25, 0.3) is 0 Å². The predicted octanol–water partition coefficient (Wildman–Crippen LogP) is 2.62. The van der Waals surface area contributed by atoms with Crippen LogP contribution in [0.5, 0.6) is 0 Å². The zero-order valence-corrected chi connectivity index (χ0v) is 6.89. The van der Waals surface area contributed by atoms with Crippen LogP contribution in [-0.4, -0.2) is 21.5 Å². The summed E-state index contributed by atoms with van der Waals surface area (Å²) in [5, 5.41) is 7.12. The van der Waals surface area contributed by atoms with Crippen LogP contribution in [0.15, 0.2) is 0 Å². The first kappa shape index (κ1) is 11.1. The lowest BCUT2D eigenvalue weighted by Gasteiger charge is -1.93. The highest BCUT2D eigenvalue weighted by Crippen LogP contribution is 2.13. The van der Waals surface area contributed by atoms with Gasteiger partial charge < -0.3 is 5.11 Å². The molecule has 0 aliphatic heterocycles. The Kier molecular flexibility index (Phi) is 5.81. The van der Waals surface area contributed by atoms with E-state index in [1.807, 2.05) is 0 Å². The number of hydrogen-bond acceptors (Lipinski definition) is 1. The molecular formula is C3H2Cl3F3O2. The molecule has 1 N–H and O–H groups in total. The maximum absolute atomic E-state index is 10.6. The molecule has 0 rings (SSSR count). The minimum absolute atomic E-state index is 1.83. The SMILES string of the molecule is O=C(O)C(F)(F)F.[2H]C(Cl)(Cl)Cl. The fourth-order valence-corrected chi connectivity index (χ4v) is 0. The molecule has 0 spiro atoms. The van der Waals surface area contributed by atoms with Crippen LogP contribution in [0.1, 0.15) is 1.37 Å². The molecule has 0 aromatic carbocycles. The lowest BCUT2D eigenvalue weighted by molar-refractivity contribution is -0.192. The summed E-state index contributed by atoms with van der Waals surface area (Å²) in [6.45, 7) is 0. The van der Waals surface area contributed by atoms with Crippen molar-refractivity contribution in [1.82, 2.24) is 0 Å². The van der Waals surface area contributed by atoms with E-state index in [-0.39, 0.29) is 0 Å². The van der Waals surface area contributed by atoms with E-state index in [0.717, 1.165) is 0 Å². The zero-order valence-electron chi connectivity index (χ0n) is 5.62. The molecular weight excluding hydrogens is 231 g/mol. The van der Waals surface area contributed by atoms with Crippen LogP contribution in [0, 0.1) is 0 Å². The third-order valence-electron chi connectivity index (χ3n) is 0.243. The maximum atomic E-state index is 10.6. The van der Waals surface area contributed by atoms with Gasteiger partial charge in [-0.25, -0.2) is 4.79 Å². The summed E-state index contributed by atoms with van der Waals surface area (Å²) in [6, 6.07) is 0. The molecule has 0 heterocycles. The second-order valence-electron chi connectivity index (χ2n) is 1.02. The Morgan fingerprint density at radius 3 is 1.55 bits per heavy atom. The second kappa shape index (κ2) is 5.74. The van der Waals surface area contributed by atoms with Gasteiger partial charge in [0.15, 0.2) is 4.27 Å². The molecule has 0 amide bonds. The van der Waals surface area contributed by atoms with Gasteiger partial charge in [-0.3, -0.25) is 0 Å². The topological polar surface area (TPSA) is 37.3 Å². The third-order valence-corrected chi connectivity index (χ3v) is 0.243. The molecule has 0 atom stereocenters. The average molecular weight is 234 g/mol. The number of carbonyl (C=O) groups is 1. The molecule has 0 aliphatic carbocycles. The maximum Gasteiger partial charge on any atom is 0.490 e. The summed E-state index contributed by atoms with van der Waals surface area (Å²) in [7, 11) is 0. The van der Waals surface area contributed by atoms with E-state index >= 15 is 0 Å². The number of alkyl halides is 6. The number of rotatable bonds is 0. The fourth-order valence-electron chi connectivity index (χ4n) is 0. The lowest BCUT2D eigenvalue weighted by Crippen LogP contribution is -2.21. The molecule has 11 heavy (non-hydrogen) atoms. The van der Waals surface area contributed by atoms with Crippen molar-refractivity contribution < 1.29 is 24.4 Å². The number of halogens is 6. The van der Waals surface area contributed by atoms with Gasteiger partial charge in [-0.1, -0.05) is 34.8 Å². The molecule has 2 nitrogen and oxygen atoms in total. The number of carboxylic acids is 1. The van der Waals surface area contributed by atoms with Gasteiger partial charge in [-0.2, -0.15) is 13.2 Å². The van der Waals surface area contributed by atoms with Crippen molar-refractivity contribution in [2.75, 3.05) is 0 Å². The van der Waals surface area contributed by atoms with Gasteiger partial charge in [-0.05, 0) is 0 Å². The van der Waals surface area contributed by atoms with Gasteiger partial charge >= 0.3 is 12.1 Å². The summed E-state index contributed by atoms with van der Waals surface area (Å²) in [4.78, 5) is 8.90. The molecule has 0 fully saturated rings. The molecule has 0 aromatic heterocycles. The number of hydrogen-bond donors (Lipinski definition) is 1. The normalized spacial score (nSPS) is 12.7. The Labute approximate surface area is 76.2 Å². The Morgan fingerprint density at radius 1 is 1.45 bits per heavy atom. The Balaban J connectivity index is 0. The first-order chi connectivity index (χ1) is 4.94. The third kappa shape index (κ3) is 17.8. The fraction of sp³-hybridized carbons (Fsp3) is 0.667. The monoisotopic (exact) mass is 233 g/mol. The molecule has 0 aliphatic rings. The summed E-state index contributed by atoms with van der Waals surface area (Å²) in [5.41, 5.74) is 0.